The summed E-state index contributed by atoms with van der Waals surface area (Å²) in [6, 6.07) is 9.74. The molecule has 0 aliphatic heterocycles. The van der Waals surface area contributed by atoms with Crippen molar-refractivity contribution in [2.75, 3.05) is 5.73 Å². The fraction of sp³-hybridized carbons (Fsp3) is 0.214. The molecule has 1 aromatic heterocycles. The van der Waals surface area contributed by atoms with Gasteiger partial charge in [-0.15, -0.1) is 0 Å². The first-order valence-corrected chi connectivity index (χ1v) is 6.50. The number of rotatable bonds is 3. The van der Waals surface area contributed by atoms with Crippen molar-refractivity contribution in [3.8, 4) is 0 Å². The summed E-state index contributed by atoms with van der Waals surface area (Å²) in [4.78, 5) is 4.03. The van der Waals surface area contributed by atoms with Crippen LogP contribution in [0, 0.1) is 6.92 Å². The van der Waals surface area contributed by atoms with Crippen LogP contribution >= 0.6 is 15.9 Å². The molecule has 0 bridgehead atoms. The third kappa shape index (κ3) is 2.89. The number of pyridine rings is 1. The van der Waals surface area contributed by atoms with Gasteiger partial charge < -0.3 is 10.8 Å². The highest BCUT2D eigenvalue weighted by Gasteiger charge is 2.15. The number of nitrogen functional groups attached to an aromatic ring is 1. The highest BCUT2D eigenvalue weighted by atomic mass is 79.9. The van der Waals surface area contributed by atoms with Crippen molar-refractivity contribution in [2.24, 2.45) is 0 Å². The van der Waals surface area contributed by atoms with E-state index >= 15 is 0 Å². The third-order valence-corrected chi connectivity index (χ3v) is 3.44. The predicted octanol–water partition coefficient (Wildman–Crippen LogP) is 3.01. The van der Waals surface area contributed by atoms with Crippen molar-refractivity contribution < 1.29 is 5.11 Å². The number of anilines is 1. The number of hydrogen-bond donors (Lipinski definition) is 2. The molecule has 2 rings (SSSR count). The first-order valence-electron chi connectivity index (χ1n) is 5.71. The molecule has 0 amide bonds. The number of nitrogens with zero attached hydrogens (tertiary/aromatic N) is 1. The van der Waals surface area contributed by atoms with Gasteiger partial charge in [-0.2, -0.15) is 0 Å². The van der Waals surface area contributed by atoms with Crippen LogP contribution in [0.5, 0.6) is 0 Å². The average Bonchev–Trinajstić information content (AvgIpc) is 2.32. The van der Waals surface area contributed by atoms with Gasteiger partial charge in [-0.3, -0.25) is 0 Å². The highest BCUT2D eigenvalue weighted by Crippen LogP contribution is 2.25. The number of nitrogens with two attached hydrogens (primary N) is 1. The second-order valence-corrected chi connectivity index (χ2v) is 5.19. The Morgan fingerprint density at radius 3 is 2.56 bits per heavy atom. The van der Waals surface area contributed by atoms with Gasteiger partial charge in [0.1, 0.15) is 5.82 Å². The Balaban J connectivity index is 2.22. The summed E-state index contributed by atoms with van der Waals surface area (Å²) in [5, 5.41) is 10.3. The largest absolute Gasteiger partial charge is 0.388 e. The molecule has 0 saturated carbocycles. The maximum Gasteiger partial charge on any atom is 0.129 e. The van der Waals surface area contributed by atoms with E-state index in [-0.39, 0.29) is 0 Å². The Hall–Kier alpha value is -1.39. The molecule has 1 atom stereocenters. The van der Waals surface area contributed by atoms with Crippen LogP contribution in [-0.2, 0) is 6.42 Å². The van der Waals surface area contributed by atoms with E-state index in [4.69, 9.17) is 5.73 Å². The summed E-state index contributed by atoms with van der Waals surface area (Å²) in [5.74, 6) is 0.402. The maximum atomic E-state index is 10.3. The fourth-order valence-corrected chi connectivity index (χ4v) is 2.23. The van der Waals surface area contributed by atoms with Crippen LogP contribution in [0.25, 0.3) is 0 Å². The van der Waals surface area contributed by atoms with Gasteiger partial charge in [0, 0.05) is 22.7 Å². The number of halogens is 1. The molecule has 0 spiro atoms. The summed E-state index contributed by atoms with van der Waals surface area (Å²) in [6.45, 7) is 1.93. The molecular weight excluding hydrogens is 292 g/mol. The lowest BCUT2D eigenvalue weighted by atomic mass is 9.98. The summed E-state index contributed by atoms with van der Waals surface area (Å²) < 4.78 is 1.03. The van der Waals surface area contributed by atoms with Crippen LogP contribution in [0.2, 0.25) is 0 Å². The van der Waals surface area contributed by atoms with Gasteiger partial charge in [0.2, 0.25) is 0 Å². The first-order chi connectivity index (χ1) is 8.58. The van der Waals surface area contributed by atoms with E-state index in [1.807, 2.05) is 37.3 Å². The van der Waals surface area contributed by atoms with E-state index in [2.05, 4.69) is 20.9 Å². The van der Waals surface area contributed by atoms with Gasteiger partial charge in [0.15, 0.2) is 0 Å². The minimum absolute atomic E-state index is 0.402. The second kappa shape index (κ2) is 5.50. The molecule has 0 aliphatic carbocycles. The lowest BCUT2D eigenvalue weighted by molar-refractivity contribution is 0.178. The lowest BCUT2D eigenvalue weighted by Gasteiger charge is -2.15. The molecule has 94 valence electrons. The van der Waals surface area contributed by atoms with Crippen molar-refractivity contribution in [1.82, 2.24) is 4.98 Å². The van der Waals surface area contributed by atoms with Crippen molar-refractivity contribution in [2.45, 2.75) is 19.4 Å². The number of aryl methyl sites for hydroxylation is 1. The standard InChI is InChI=1S/C14H15BrN2O/c1-9-6-7-17-14(16)13(9)12(18)8-10-2-4-11(15)5-3-10/h2-7,12,18H,8H2,1H3,(H2,16,17). The molecule has 2 aromatic rings. The predicted molar refractivity (Wildman–Crippen MR) is 76.2 cm³/mol. The van der Waals surface area contributed by atoms with E-state index < -0.39 is 6.10 Å². The van der Waals surface area contributed by atoms with Crippen LogP contribution in [-0.4, -0.2) is 10.1 Å². The topological polar surface area (TPSA) is 59.1 Å². The summed E-state index contributed by atoms with van der Waals surface area (Å²) >= 11 is 3.39. The molecule has 18 heavy (non-hydrogen) atoms. The fourth-order valence-electron chi connectivity index (χ4n) is 1.97. The summed E-state index contributed by atoms with van der Waals surface area (Å²) in [6.07, 6.45) is 1.56. The van der Waals surface area contributed by atoms with Crippen molar-refractivity contribution in [3.63, 3.8) is 0 Å². The van der Waals surface area contributed by atoms with Crippen molar-refractivity contribution in [3.05, 3.63) is 57.7 Å². The summed E-state index contributed by atoms with van der Waals surface area (Å²) in [5.41, 5.74) is 8.57. The van der Waals surface area contributed by atoms with E-state index in [9.17, 15) is 5.11 Å². The molecule has 1 unspecified atom stereocenters. The van der Waals surface area contributed by atoms with E-state index in [0.717, 1.165) is 21.2 Å². The van der Waals surface area contributed by atoms with Crippen molar-refractivity contribution >= 4 is 21.7 Å². The molecule has 0 radical (unpaired) electrons. The maximum absolute atomic E-state index is 10.3. The van der Waals surface area contributed by atoms with Gasteiger partial charge >= 0.3 is 0 Å². The zero-order chi connectivity index (χ0) is 13.1. The molecule has 0 saturated heterocycles. The van der Waals surface area contributed by atoms with Crippen LogP contribution in [0.4, 0.5) is 5.82 Å². The molecular formula is C14H15BrN2O. The van der Waals surface area contributed by atoms with Gasteiger partial charge in [0.25, 0.3) is 0 Å². The number of benzene rings is 1. The minimum Gasteiger partial charge on any atom is -0.388 e. The number of hydrogen-bond acceptors (Lipinski definition) is 3. The zero-order valence-electron chi connectivity index (χ0n) is 10.1. The SMILES string of the molecule is Cc1ccnc(N)c1C(O)Cc1ccc(Br)cc1. The van der Waals surface area contributed by atoms with Gasteiger partial charge in [-0.25, -0.2) is 4.98 Å². The summed E-state index contributed by atoms with van der Waals surface area (Å²) in [7, 11) is 0. The lowest BCUT2D eigenvalue weighted by Crippen LogP contribution is -2.08. The average molecular weight is 307 g/mol. The quantitative estimate of drug-likeness (QED) is 0.916. The van der Waals surface area contributed by atoms with Crippen LogP contribution in [0.15, 0.2) is 41.0 Å². The Bertz CT molecular complexity index is 520. The van der Waals surface area contributed by atoms with Crippen LogP contribution < -0.4 is 5.73 Å². The number of aromatic nitrogens is 1. The molecule has 0 fully saturated rings. The molecule has 3 N–H and O–H groups in total. The van der Waals surface area contributed by atoms with E-state index in [1.165, 1.54) is 0 Å². The van der Waals surface area contributed by atoms with Crippen LogP contribution in [0.3, 0.4) is 0 Å². The molecule has 1 aromatic carbocycles. The van der Waals surface area contributed by atoms with Crippen LogP contribution in [0.1, 0.15) is 22.8 Å². The Morgan fingerprint density at radius 2 is 1.94 bits per heavy atom. The van der Waals surface area contributed by atoms with E-state index in [1.54, 1.807) is 6.20 Å². The van der Waals surface area contributed by atoms with Gasteiger partial charge in [0.05, 0.1) is 6.10 Å². The Labute approximate surface area is 115 Å². The normalized spacial score (nSPS) is 12.4. The van der Waals surface area contributed by atoms with Crippen molar-refractivity contribution in [1.29, 1.82) is 0 Å². The molecule has 3 nitrogen and oxygen atoms in total. The Kier molecular flexibility index (Phi) is 3.99. The zero-order valence-corrected chi connectivity index (χ0v) is 11.7. The minimum atomic E-state index is -0.625. The van der Waals surface area contributed by atoms with E-state index in [0.29, 0.717) is 12.2 Å². The van der Waals surface area contributed by atoms with Gasteiger partial charge in [-0.05, 0) is 36.2 Å². The monoisotopic (exact) mass is 306 g/mol. The number of aliphatic hydroxyl groups is 1. The van der Waals surface area contributed by atoms with Gasteiger partial charge in [-0.1, -0.05) is 28.1 Å². The second-order valence-electron chi connectivity index (χ2n) is 4.27. The number of aliphatic hydroxyl groups excluding tert-OH is 1. The molecule has 1 heterocycles. The first kappa shape index (κ1) is 13.1. The molecule has 4 heteroatoms. The third-order valence-electron chi connectivity index (χ3n) is 2.91. The Morgan fingerprint density at radius 1 is 1.28 bits per heavy atom. The smallest absolute Gasteiger partial charge is 0.129 e. The highest BCUT2D eigenvalue weighted by molar-refractivity contribution is 9.10. The molecule has 0 aliphatic rings.